The number of hydrogen-bond donors (Lipinski definition) is 2. The van der Waals surface area contributed by atoms with Crippen LogP contribution in [0.25, 0.3) is 0 Å². The molecule has 0 radical (unpaired) electrons. The summed E-state index contributed by atoms with van der Waals surface area (Å²) in [5.41, 5.74) is 10.7. The highest BCUT2D eigenvalue weighted by atomic mass is 32.2. The second kappa shape index (κ2) is 10.7. The molecular weight excluding hydrogens is 528 g/mol. The Morgan fingerprint density at radius 1 is 1.21 bits per heavy atom. The summed E-state index contributed by atoms with van der Waals surface area (Å²) < 4.78 is 0.587. The van der Waals surface area contributed by atoms with Crippen molar-refractivity contribution in [2.24, 2.45) is 11.1 Å². The summed E-state index contributed by atoms with van der Waals surface area (Å²) in [5.74, 6) is -0.264. The Morgan fingerprint density at radius 2 is 1.97 bits per heavy atom. The van der Waals surface area contributed by atoms with Gasteiger partial charge in [-0.2, -0.15) is 5.26 Å². The number of rotatable bonds is 6. The Hall–Kier alpha value is -3.94. The van der Waals surface area contributed by atoms with Crippen molar-refractivity contribution < 1.29 is 9.59 Å². The second-order valence-corrected chi connectivity index (χ2v) is 12.6. The van der Waals surface area contributed by atoms with Crippen LogP contribution in [0.3, 0.4) is 0 Å². The second-order valence-electron chi connectivity index (χ2n) is 10.4. The Bertz CT molecular complexity index is 1550. The third kappa shape index (κ3) is 5.46. The lowest BCUT2D eigenvalue weighted by Crippen LogP contribution is -2.42. The van der Waals surface area contributed by atoms with Crippen molar-refractivity contribution in [3.05, 3.63) is 88.4 Å². The molecule has 0 fully saturated rings. The van der Waals surface area contributed by atoms with Gasteiger partial charge in [0.05, 0.1) is 23.3 Å². The molecule has 1 aliphatic heterocycles. The molecule has 2 aromatic carbocycles. The van der Waals surface area contributed by atoms with Gasteiger partial charge in [0.25, 0.3) is 0 Å². The summed E-state index contributed by atoms with van der Waals surface area (Å²) in [6.07, 6.45) is 0.979. The molecule has 2 heterocycles. The van der Waals surface area contributed by atoms with E-state index in [1.54, 1.807) is 4.90 Å². The zero-order valence-corrected chi connectivity index (χ0v) is 23.5. The first kappa shape index (κ1) is 26.7. The molecule has 3 N–H and O–H groups in total. The molecule has 2 aliphatic rings. The van der Waals surface area contributed by atoms with Crippen LogP contribution in [0, 0.1) is 23.7 Å². The van der Waals surface area contributed by atoms with Gasteiger partial charge in [0.15, 0.2) is 10.1 Å². The van der Waals surface area contributed by atoms with Crippen LogP contribution in [0.15, 0.2) is 81.6 Å². The number of amides is 1. The zero-order chi connectivity index (χ0) is 27.7. The first-order chi connectivity index (χ1) is 18.7. The third-order valence-electron chi connectivity index (χ3n) is 6.73. The van der Waals surface area contributed by atoms with Crippen molar-refractivity contribution in [2.45, 2.75) is 43.9 Å². The normalized spacial score (nSPS) is 18.6. The van der Waals surface area contributed by atoms with E-state index in [4.69, 9.17) is 5.73 Å². The van der Waals surface area contributed by atoms with Crippen molar-refractivity contribution in [1.82, 2.24) is 10.2 Å². The van der Waals surface area contributed by atoms with Gasteiger partial charge in [0.2, 0.25) is 11.0 Å². The molecule has 1 amide bonds. The minimum absolute atomic E-state index is 0.00675. The molecule has 5 rings (SSSR count). The molecule has 3 aromatic rings. The van der Waals surface area contributed by atoms with Gasteiger partial charge in [-0.3, -0.25) is 14.5 Å². The summed E-state index contributed by atoms with van der Waals surface area (Å²) in [7, 11) is 0. The monoisotopic (exact) mass is 556 g/mol. The molecule has 1 atom stereocenters. The molecule has 198 valence electrons. The van der Waals surface area contributed by atoms with E-state index in [9.17, 15) is 14.9 Å². The lowest BCUT2D eigenvalue weighted by atomic mass is 9.69. The first-order valence-electron chi connectivity index (χ1n) is 12.5. The van der Waals surface area contributed by atoms with Crippen LogP contribution in [-0.2, 0) is 9.59 Å². The lowest BCUT2D eigenvalue weighted by Gasteiger charge is -2.42. The molecular formula is C29H28N6O2S2. The maximum atomic E-state index is 13.6. The number of nitrogens with one attached hydrogen (secondary N) is 1. The molecule has 1 aliphatic carbocycles. The van der Waals surface area contributed by atoms with E-state index in [1.165, 1.54) is 23.1 Å². The molecule has 10 heteroatoms. The predicted molar refractivity (Wildman–Crippen MR) is 154 cm³/mol. The maximum Gasteiger partial charge on any atom is 0.234 e. The number of aromatic nitrogens is 2. The SMILES string of the molecule is Cc1cccc(NC(=O)CSc2nnc(N3C(N)=C(C#N)C(c4ccccc4)C4=C3CC(C)(C)CC4=O)s2)c1. The van der Waals surface area contributed by atoms with E-state index < -0.39 is 5.92 Å². The minimum Gasteiger partial charge on any atom is -0.384 e. The lowest BCUT2D eigenvalue weighted by molar-refractivity contribution is -0.118. The minimum atomic E-state index is -0.530. The number of carbonyl (C=O) groups excluding carboxylic acids is 2. The van der Waals surface area contributed by atoms with Gasteiger partial charge >= 0.3 is 0 Å². The largest absolute Gasteiger partial charge is 0.384 e. The van der Waals surface area contributed by atoms with Crippen molar-refractivity contribution in [1.29, 1.82) is 5.26 Å². The predicted octanol–water partition coefficient (Wildman–Crippen LogP) is 5.52. The van der Waals surface area contributed by atoms with Gasteiger partial charge in [-0.25, -0.2) is 0 Å². The number of benzene rings is 2. The smallest absolute Gasteiger partial charge is 0.234 e. The van der Waals surface area contributed by atoms with Gasteiger partial charge in [-0.05, 0) is 42.0 Å². The fourth-order valence-electron chi connectivity index (χ4n) is 5.10. The van der Waals surface area contributed by atoms with Crippen LogP contribution >= 0.6 is 23.1 Å². The molecule has 8 nitrogen and oxygen atoms in total. The summed E-state index contributed by atoms with van der Waals surface area (Å²) >= 11 is 2.55. The Kier molecular flexibility index (Phi) is 7.30. The molecule has 1 aromatic heterocycles. The Morgan fingerprint density at radius 3 is 2.69 bits per heavy atom. The number of aryl methyl sites for hydroxylation is 1. The van der Waals surface area contributed by atoms with Gasteiger partial charge < -0.3 is 11.1 Å². The highest BCUT2D eigenvalue weighted by Gasteiger charge is 2.45. The summed E-state index contributed by atoms with van der Waals surface area (Å²) in [6.45, 7) is 6.08. The Balaban J connectivity index is 1.45. The van der Waals surface area contributed by atoms with E-state index >= 15 is 0 Å². The average molecular weight is 557 g/mol. The number of Topliss-reactive ketones (excluding diaryl/α,β-unsaturated/α-hetero) is 1. The van der Waals surface area contributed by atoms with Crippen LogP contribution in [0.5, 0.6) is 0 Å². The highest BCUT2D eigenvalue weighted by molar-refractivity contribution is 8.01. The summed E-state index contributed by atoms with van der Waals surface area (Å²) in [5, 5.41) is 22.2. The first-order valence-corrected chi connectivity index (χ1v) is 14.3. The number of hydrogen-bond acceptors (Lipinski definition) is 9. The standard InChI is InChI=1S/C29H28N6O2S2/c1-17-8-7-11-19(12-17)32-23(37)16-38-28-34-33-27(39-28)35-21-13-29(2,3)14-22(36)25(21)24(20(15-30)26(35)31)18-9-5-4-6-10-18/h4-12,24H,13-14,16,31H2,1-3H3,(H,32,37). The number of nitrogens with two attached hydrogens (primary N) is 1. The van der Waals surface area contributed by atoms with Crippen LogP contribution in [0.1, 0.15) is 43.7 Å². The van der Waals surface area contributed by atoms with Crippen molar-refractivity contribution >= 4 is 45.6 Å². The topological polar surface area (TPSA) is 125 Å². The molecule has 0 saturated heterocycles. The fourth-order valence-corrected chi connectivity index (χ4v) is 6.79. The van der Waals surface area contributed by atoms with Gasteiger partial charge in [-0.1, -0.05) is 79.4 Å². The average Bonchev–Trinajstić information content (AvgIpc) is 3.35. The van der Waals surface area contributed by atoms with Crippen molar-refractivity contribution in [3.63, 3.8) is 0 Å². The van der Waals surface area contributed by atoms with Crippen LogP contribution < -0.4 is 16.0 Å². The quantitative estimate of drug-likeness (QED) is 0.380. The van der Waals surface area contributed by atoms with E-state index in [2.05, 4.69) is 35.4 Å². The zero-order valence-electron chi connectivity index (χ0n) is 21.9. The Labute approximate surface area is 235 Å². The van der Waals surface area contributed by atoms with E-state index in [0.717, 1.165) is 22.5 Å². The molecule has 0 saturated carbocycles. The number of carbonyl (C=O) groups is 2. The van der Waals surface area contributed by atoms with Crippen LogP contribution in [0.2, 0.25) is 0 Å². The van der Waals surface area contributed by atoms with Gasteiger partial charge in [0.1, 0.15) is 5.82 Å². The number of nitriles is 1. The van der Waals surface area contributed by atoms with Gasteiger partial charge in [0, 0.05) is 23.4 Å². The molecule has 39 heavy (non-hydrogen) atoms. The molecule has 1 unspecified atom stereocenters. The van der Waals surface area contributed by atoms with Crippen molar-refractivity contribution in [3.8, 4) is 6.07 Å². The number of anilines is 2. The molecule has 0 spiro atoms. The van der Waals surface area contributed by atoms with Crippen LogP contribution in [-0.4, -0.2) is 27.6 Å². The maximum absolute atomic E-state index is 13.6. The number of nitrogens with zero attached hydrogens (tertiary/aromatic N) is 4. The summed E-state index contributed by atoms with van der Waals surface area (Å²) in [4.78, 5) is 27.8. The number of thioether (sulfide) groups is 1. The number of allylic oxidation sites excluding steroid dienone is 3. The number of ketones is 1. The fraction of sp³-hybridized carbons (Fsp3) is 0.276. The van der Waals surface area contributed by atoms with Crippen LogP contribution in [0.4, 0.5) is 10.8 Å². The van der Waals surface area contributed by atoms with E-state index in [0.29, 0.717) is 33.5 Å². The summed E-state index contributed by atoms with van der Waals surface area (Å²) in [6, 6.07) is 19.4. The molecule has 0 bridgehead atoms. The van der Waals surface area contributed by atoms with Crippen molar-refractivity contribution in [2.75, 3.05) is 16.0 Å². The van der Waals surface area contributed by atoms with E-state index in [-0.39, 0.29) is 28.7 Å². The van der Waals surface area contributed by atoms with E-state index in [1.807, 2.05) is 61.5 Å². The highest BCUT2D eigenvalue weighted by Crippen LogP contribution is 2.50. The van der Waals surface area contributed by atoms with Gasteiger partial charge in [-0.15, -0.1) is 10.2 Å². The third-order valence-corrected chi connectivity index (χ3v) is 8.77.